The van der Waals surface area contributed by atoms with E-state index in [0.717, 1.165) is 10.1 Å². The molecule has 1 aromatic carbocycles. The van der Waals surface area contributed by atoms with Gasteiger partial charge in [0.05, 0.1) is 12.0 Å². The highest BCUT2D eigenvalue weighted by Crippen LogP contribution is 2.35. The van der Waals surface area contributed by atoms with Gasteiger partial charge in [-0.15, -0.1) is 11.3 Å². The second-order valence-corrected chi connectivity index (χ2v) is 6.20. The fourth-order valence-corrected chi connectivity index (χ4v) is 3.55. The number of rotatable bonds is 2. The quantitative estimate of drug-likeness (QED) is 0.799. The summed E-state index contributed by atoms with van der Waals surface area (Å²) in [4.78, 5) is 26.7. The average Bonchev–Trinajstić information content (AvgIpc) is 2.88. The summed E-state index contributed by atoms with van der Waals surface area (Å²) in [6.07, 6.45) is 0.649. The van der Waals surface area contributed by atoms with Gasteiger partial charge in [-0.05, 0) is 30.9 Å². The van der Waals surface area contributed by atoms with Crippen molar-refractivity contribution in [1.29, 1.82) is 0 Å². The van der Waals surface area contributed by atoms with Gasteiger partial charge >= 0.3 is 5.97 Å². The van der Waals surface area contributed by atoms with Crippen molar-refractivity contribution < 1.29 is 14.3 Å². The molecule has 1 saturated heterocycles. The maximum Gasteiger partial charge on any atom is 0.331 e. The third kappa shape index (κ3) is 1.81. The van der Waals surface area contributed by atoms with E-state index in [0.29, 0.717) is 17.8 Å². The van der Waals surface area contributed by atoms with Gasteiger partial charge in [-0.2, -0.15) is 0 Å². The van der Waals surface area contributed by atoms with Crippen molar-refractivity contribution in [2.45, 2.75) is 18.9 Å². The number of methoxy groups -OCH3 is 1. The molecule has 3 rings (SSSR count). The number of hydrogen-bond donors (Lipinski definition) is 0. The van der Waals surface area contributed by atoms with Crippen LogP contribution in [0.2, 0.25) is 0 Å². The molecule has 2 heterocycles. The van der Waals surface area contributed by atoms with Crippen molar-refractivity contribution in [2.75, 3.05) is 13.7 Å². The summed E-state index contributed by atoms with van der Waals surface area (Å²) >= 11 is 1.46. The van der Waals surface area contributed by atoms with E-state index < -0.39 is 5.54 Å². The number of hydrogen-bond acceptors (Lipinski definition) is 4. The number of likely N-dealkylation sites (tertiary alicyclic amines) is 1. The molecule has 5 heteroatoms. The molecule has 1 amide bonds. The summed E-state index contributed by atoms with van der Waals surface area (Å²) in [5.74, 6) is -0.441. The lowest BCUT2D eigenvalue weighted by molar-refractivity contribution is -0.159. The summed E-state index contributed by atoms with van der Waals surface area (Å²) < 4.78 is 5.88. The Balaban J connectivity index is 1.91. The molecule has 1 fully saturated rings. The summed E-state index contributed by atoms with van der Waals surface area (Å²) in [6.45, 7) is 2.35. The highest BCUT2D eigenvalue weighted by Gasteiger charge is 2.50. The van der Waals surface area contributed by atoms with Crippen LogP contribution in [0.25, 0.3) is 10.1 Å². The first-order chi connectivity index (χ1) is 9.56. The fraction of sp³-hybridized carbons (Fsp3) is 0.333. The number of ether oxygens (including phenoxy) is 1. The normalized spacial score (nSPS) is 21.6. The molecule has 104 valence electrons. The Morgan fingerprint density at radius 3 is 2.70 bits per heavy atom. The zero-order chi connectivity index (χ0) is 14.3. The first kappa shape index (κ1) is 13.1. The van der Waals surface area contributed by atoms with E-state index in [-0.39, 0.29) is 11.9 Å². The largest absolute Gasteiger partial charge is 0.467 e. The van der Waals surface area contributed by atoms with Gasteiger partial charge in [0, 0.05) is 11.2 Å². The first-order valence-electron chi connectivity index (χ1n) is 6.45. The monoisotopic (exact) mass is 289 g/mol. The van der Waals surface area contributed by atoms with Gasteiger partial charge in [0.1, 0.15) is 5.54 Å². The molecule has 0 radical (unpaired) electrons. The molecule has 0 saturated carbocycles. The van der Waals surface area contributed by atoms with Gasteiger partial charge in [-0.1, -0.05) is 18.2 Å². The van der Waals surface area contributed by atoms with Crippen molar-refractivity contribution >= 4 is 33.3 Å². The van der Waals surface area contributed by atoms with Crippen LogP contribution < -0.4 is 0 Å². The van der Waals surface area contributed by atoms with Crippen LogP contribution in [0.3, 0.4) is 0 Å². The van der Waals surface area contributed by atoms with E-state index in [1.165, 1.54) is 18.4 Å². The summed E-state index contributed by atoms with van der Waals surface area (Å²) in [6, 6.07) is 9.77. The SMILES string of the molecule is COC(=O)[C@@]1(C)CCN1C(=O)c1cc2ccccc2s1. The number of carbonyl (C=O) groups is 2. The van der Waals surface area contributed by atoms with E-state index in [4.69, 9.17) is 4.74 Å². The molecule has 0 spiro atoms. The van der Waals surface area contributed by atoms with Crippen molar-refractivity contribution in [2.24, 2.45) is 0 Å². The second kappa shape index (κ2) is 4.59. The molecular weight excluding hydrogens is 274 g/mol. The van der Waals surface area contributed by atoms with Gasteiger partial charge in [0.25, 0.3) is 5.91 Å². The molecule has 2 aromatic rings. The lowest BCUT2D eigenvalue weighted by Crippen LogP contribution is -2.64. The summed E-state index contributed by atoms with van der Waals surface area (Å²) in [7, 11) is 1.36. The van der Waals surface area contributed by atoms with Gasteiger partial charge in [-0.3, -0.25) is 4.79 Å². The van der Waals surface area contributed by atoms with Crippen molar-refractivity contribution in [3.05, 3.63) is 35.2 Å². The molecule has 0 aliphatic carbocycles. The minimum atomic E-state index is -0.817. The van der Waals surface area contributed by atoms with Crippen LogP contribution in [0.15, 0.2) is 30.3 Å². The minimum Gasteiger partial charge on any atom is -0.467 e. The first-order valence-corrected chi connectivity index (χ1v) is 7.27. The molecule has 20 heavy (non-hydrogen) atoms. The van der Waals surface area contributed by atoms with Gasteiger partial charge in [0.15, 0.2) is 0 Å². The van der Waals surface area contributed by atoms with Crippen LogP contribution in [-0.2, 0) is 9.53 Å². The number of thiophene rings is 1. The van der Waals surface area contributed by atoms with Gasteiger partial charge < -0.3 is 9.64 Å². The van der Waals surface area contributed by atoms with Crippen molar-refractivity contribution in [1.82, 2.24) is 4.90 Å². The van der Waals surface area contributed by atoms with Crippen LogP contribution in [0, 0.1) is 0 Å². The van der Waals surface area contributed by atoms with E-state index >= 15 is 0 Å². The van der Waals surface area contributed by atoms with E-state index in [2.05, 4.69) is 0 Å². The molecule has 1 aliphatic heterocycles. The standard InChI is InChI=1S/C15H15NO3S/c1-15(14(18)19-2)7-8-16(15)13(17)12-9-10-5-3-4-6-11(10)20-12/h3-6,9H,7-8H2,1-2H3/t15-/m1/s1. The lowest BCUT2D eigenvalue weighted by atomic mass is 9.86. The Bertz CT molecular complexity index is 660. The maximum absolute atomic E-state index is 12.6. The fourth-order valence-electron chi connectivity index (χ4n) is 2.54. The van der Waals surface area contributed by atoms with Crippen LogP contribution in [0.4, 0.5) is 0 Å². The van der Waals surface area contributed by atoms with Gasteiger partial charge in [0.2, 0.25) is 0 Å². The van der Waals surface area contributed by atoms with Crippen LogP contribution in [-0.4, -0.2) is 36.0 Å². The maximum atomic E-state index is 12.6. The van der Waals surface area contributed by atoms with Crippen LogP contribution in [0.5, 0.6) is 0 Å². The average molecular weight is 289 g/mol. The van der Waals surface area contributed by atoms with Gasteiger partial charge in [-0.25, -0.2) is 4.79 Å². The van der Waals surface area contributed by atoms with Crippen molar-refractivity contribution in [3.63, 3.8) is 0 Å². The number of benzene rings is 1. The Morgan fingerprint density at radius 1 is 1.35 bits per heavy atom. The van der Waals surface area contributed by atoms with Crippen LogP contribution in [0.1, 0.15) is 23.0 Å². The highest BCUT2D eigenvalue weighted by molar-refractivity contribution is 7.20. The molecule has 0 N–H and O–H groups in total. The predicted molar refractivity (Wildman–Crippen MR) is 77.9 cm³/mol. The zero-order valence-corrected chi connectivity index (χ0v) is 12.2. The molecule has 1 aliphatic rings. The Labute approximate surface area is 120 Å². The number of carbonyl (C=O) groups excluding carboxylic acids is 2. The van der Waals surface area contributed by atoms with E-state index in [1.807, 2.05) is 30.3 Å². The summed E-state index contributed by atoms with van der Waals surface area (Å²) in [5, 5.41) is 1.06. The minimum absolute atomic E-state index is 0.0923. The Hall–Kier alpha value is -1.88. The second-order valence-electron chi connectivity index (χ2n) is 5.12. The highest BCUT2D eigenvalue weighted by atomic mass is 32.1. The summed E-state index contributed by atoms with van der Waals surface area (Å²) in [5.41, 5.74) is -0.817. The smallest absolute Gasteiger partial charge is 0.331 e. The molecular formula is C15H15NO3S. The number of fused-ring (bicyclic) bond motifs is 1. The molecule has 0 bridgehead atoms. The number of amides is 1. The van der Waals surface area contributed by atoms with E-state index in [9.17, 15) is 9.59 Å². The third-order valence-electron chi connectivity index (χ3n) is 3.92. The molecule has 1 atom stereocenters. The Kier molecular flexibility index (Phi) is 3.01. The lowest BCUT2D eigenvalue weighted by Gasteiger charge is -2.47. The zero-order valence-electron chi connectivity index (χ0n) is 11.4. The molecule has 4 nitrogen and oxygen atoms in total. The molecule has 0 unspecified atom stereocenters. The topological polar surface area (TPSA) is 46.6 Å². The number of nitrogens with zero attached hydrogens (tertiary/aromatic N) is 1. The number of esters is 1. The Morgan fingerprint density at radius 2 is 2.10 bits per heavy atom. The van der Waals surface area contributed by atoms with Crippen molar-refractivity contribution in [3.8, 4) is 0 Å². The molecule has 1 aromatic heterocycles. The van der Waals surface area contributed by atoms with E-state index in [1.54, 1.807) is 11.8 Å². The van der Waals surface area contributed by atoms with Crippen LogP contribution >= 0.6 is 11.3 Å². The predicted octanol–water partition coefficient (Wildman–Crippen LogP) is 2.68. The third-order valence-corrected chi connectivity index (χ3v) is 5.03.